The molecule has 1 aromatic rings. The molecule has 0 heterocycles. The van der Waals surface area contributed by atoms with Crippen molar-refractivity contribution >= 4 is 23.5 Å². The van der Waals surface area contributed by atoms with Gasteiger partial charge in [0, 0.05) is 17.3 Å². The molecule has 6 nitrogen and oxygen atoms in total. The van der Waals surface area contributed by atoms with Gasteiger partial charge in [-0.2, -0.15) is 0 Å². The second-order valence-corrected chi connectivity index (χ2v) is 5.94. The lowest BCUT2D eigenvalue weighted by molar-refractivity contribution is -0.151. The summed E-state index contributed by atoms with van der Waals surface area (Å²) in [5.74, 6) is -2.34. The van der Waals surface area contributed by atoms with Crippen molar-refractivity contribution in [1.29, 1.82) is 0 Å². The summed E-state index contributed by atoms with van der Waals surface area (Å²) in [5, 5.41) is 14.6. The SMILES string of the molecule is O=C(NC1CC1)c1ccc(NC(=O)C2CCC2C(=O)O)cc1. The molecular formula is C16H18N2O4. The first-order chi connectivity index (χ1) is 10.5. The first kappa shape index (κ1) is 14.6. The lowest BCUT2D eigenvalue weighted by atomic mass is 9.73. The van der Waals surface area contributed by atoms with Crippen molar-refractivity contribution in [2.45, 2.75) is 31.7 Å². The highest BCUT2D eigenvalue weighted by atomic mass is 16.4. The van der Waals surface area contributed by atoms with Gasteiger partial charge >= 0.3 is 5.97 Å². The highest BCUT2D eigenvalue weighted by Gasteiger charge is 2.41. The summed E-state index contributed by atoms with van der Waals surface area (Å²) >= 11 is 0. The Balaban J connectivity index is 1.57. The summed E-state index contributed by atoms with van der Waals surface area (Å²) in [4.78, 5) is 34.8. The molecule has 2 aliphatic rings. The highest BCUT2D eigenvalue weighted by molar-refractivity contribution is 5.98. The van der Waals surface area contributed by atoms with Crippen LogP contribution >= 0.6 is 0 Å². The fourth-order valence-electron chi connectivity index (χ4n) is 2.55. The zero-order valence-electron chi connectivity index (χ0n) is 12.0. The third-order valence-corrected chi connectivity index (χ3v) is 4.26. The number of rotatable bonds is 5. The number of hydrogen-bond donors (Lipinski definition) is 3. The van der Waals surface area contributed by atoms with Crippen molar-refractivity contribution in [3.63, 3.8) is 0 Å². The van der Waals surface area contributed by atoms with Gasteiger partial charge in [0.15, 0.2) is 0 Å². The lowest BCUT2D eigenvalue weighted by Crippen LogP contribution is -2.41. The molecule has 2 aliphatic carbocycles. The molecule has 22 heavy (non-hydrogen) atoms. The van der Waals surface area contributed by atoms with E-state index in [-0.39, 0.29) is 11.8 Å². The van der Waals surface area contributed by atoms with Crippen LogP contribution in [-0.2, 0) is 9.59 Å². The second kappa shape index (κ2) is 5.79. The van der Waals surface area contributed by atoms with Gasteiger partial charge in [-0.25, -0.2) is 0 Å². The Kier molecular flexibility index (Phi) is 3.83. The van der Waals surface area contributed by atoms with E-state index in [0.717, 1.165) is 12.8 Å². The largest absolute Gasteiger partial charge is 0.481 e. The van der Waals surface area contributed by atoms with E-state index in [4.69, 9.17) is 5.11 Å². The molecule has 116 valence electrons. The third-order valence-electron chi connectivity index (χ3n) is 4.26. The summed E-state index contributed by atoms with van der Waals surface area (Å²) in [5.41, 5.74) is 1.13. The van der Waals surface area contributed by atoms with Gasteiger partial charge in [-0.1, -0.05) is 0 Å². The first-order valence-corrected chi connectivity index (χ1v) is 7.49. The van der Waals surface area contributed by atoms with Crippen LogP contribution in [0.1, 0.15) is 36.0 Å². The Morgan fingerprint density at radius 2 is 1.59 bits per heavy atom. The molecule has 2 unspecified atom stereocenters. The number of carboxylic acid groups (broad SMARTS) is 1. The third kappa shape index (κ3) is 3.10. The molecule has 0 saturated heterocycles. The zero-order chi connectivity index (χ0) is 15.7. The van der Waals surface area contributed by atoms with Gasteiger partial charge in [-0.15, -0.1) is 0 Å². The van der Waals surface area contributed by atoms with Crippen LogP contribution in [0.15, 0.2) is 24.3 Å². The number of carbonyl (C=O) groups excluding carboxylic acids is 2. The van der Waals surface area contributed by atoms with Crippen LogP contribution in [0.2, 0.25) is 0 Å². The zero-order valence-corrected chi connectivity index (χ0v) is 12.0. The van der Waals surface area contributed by atoms with E-state index < -0.39 is 17.8 Å². The van der Waals surface area contributed by atoms with Gasteiger partial charge in [0.05, 0.1) is 11.8 Å². The van der Waals surface area contributed by atoms with Gasteiger partial charge in [0.1, 0.15) is 0 Å². The monoisotopic (exact) mass is 302 g/mol. The van der Waals surface area contributed by atoms with Crippen LogP contribution in [0, 0.1) is 11.8 Å². The molecule has 2 fully saturated rings. The maximum Gasteiger partial charge on any atom is 0.307 e. The average Bonchev–Trinajstić information content (AvgIpc) is 3.21. The average molecular weight is 302 g/mol. The fraction of sp³-hybridized carbons (Fsp3) is 0.438. The molecular weight excluding hydrogens is 284 g/mol. The molecule has 2 atom stereocenters. The Morgan fingerprint density at radius 1 is 0.955 bits per heavy atom. The second-order valence-electron chi connectivity index (χ2n) is 5.94. The molecule has 2 amide bonds. The van der Waals surface area contributed by atoms with E-state index >= 15 is 0 Å². The molecule has 0 spiro atoms. The molecule has 0 bridgehead atoms. The summed E-state index contributed by atoms with van der Waals surface area (Å²) < 4.78 is 0. The highest BCUT2D eigenvalue weighted by Crippen LogP contribution is 2.35. The van der Waals surface area contributed by atoms with E-state index in [0.29, 0.717) is 30.1 Å². The number of hydrogen-bond acceptors (Lipinski definition) is 3. The molecule has 0 radical (unpaired) electrons. The fourth-order valence-corrected chi connectivity index (χ4v) is 2.55. The number of amides is 2. The minimum atomic E-state index is -0.918. The predicted molar refractivity (Wildman–Crippen MR) is 79.4 cm³/mol. The van der Waals surface area contributed by atoms with Gasteiger partial charge in [-0.3, -0.25) is 14.4 Å². The number of carbonyl (C=O) groups is 3. The van der Waals surface area contributed by atoms with Crippen LogP contribution in [-0.4, -0.2) is 28.9 Å². The number of carboxylic acids is 1. The summed E-state index contributed by atoms with van der Waals surface area (Å²) in [6.07, 6.45) is 3.22. The Bertz CT molecular complexity index is 607. The van der Waals surface area contributed by atoms with Crippen LogP contribution in [0.25, 0.3) is 0 Å². The molecule has 3 rings (SSSR count). The minimum Gasteiger partial charge on any atom is -0.481 e. The van der Waals surface area contributed by atoms with Crippen molar-refractivity contribution < 1.29 is 19.5 Å². The minimum absolute atomic E-state index is 0.106. The molecule has 3 N–H and O–H groups in total. The van der Waals surface area contributed by atoms with Gasteiger partial charge in [0.25, 0.3) is 5.91 Å². The predicted octanol–water partition coefficient (Wildman–Crippen LogP) is 1.63. The Morgan fingerprint density at radius 3 is 2.09 bits per heavy atom. The molecule has 0 aliphatic heterocycles. The molecule has 6 heteroatoms. The normalized spacial score (nSPS) is 23.3. The molecule has 0 aromatic heterocycles. The van der Waals surface area contributed by atoms with E-state index in [1.165, 1.54) is 0 Å². The van der Waals surface area contributed by atoms with Crippen molar-refractivity contribution in [3.8, 4) is 0 Å². The van der Waals surface area contributed by atoms with Crippen molar-refractivity contribution in [1.82, 2.24) is 5.32 Å². The Labute approximate surface area is 127 Å². The number of anilines is 1. The summed E-state index contributed by atoms with van der Waals surface area (Å²) in [7, 11) is 0. The standard InChI is InChI=1S/C16H18N2O4/c19-14(17-11-5-6-11)9-1-3-10(4-2-9)18-15(20)12-7-8-13(12)16(21)22/h1-4,11-13H,5-8H2,(H,17,19)(H,18,20)(H,21,22). The van der Waals surface area contributed by atoms with E-state index in [1.54, 1.807) is 24.3 Å². The smallest absolute Gasteiger partial charge is 0.307 e. The summed E-state index contributed by atoms with van der Waals surface area (Å²) in [6.45, 7) is 0. The maximum atomic E-state index is 12.0. The van der Waals surface area contributed by atoms with Crippen molar-refractivity contribution in [2.24, 2.45) is 11.8 Å². The number of nitrogens with one attached hydrogen (secondary N) is 2. The summed E-state index contributed by atoms with van der Waals surface area (Å²) in [6, 6.07) is 6.94. The van der Waals surface area contributed by atoms with Crippen LogP contribution in [0.4, 0.5) is 5.69 Å². The van der Waals surface area contributed by atoms with E-state index in [9.17, 15) is 14.4 Å². The maximum absolute atomic E-state index is 12.0. The van der Waals surface area contributed by atoms with Crippen molar-refractivity contribution in [2.75, 3.05) is 5.32 Å². The van der Waals surface area contributed by atoms with E-state index in [2.05, 4.69) is 10.6 Å². The molecule has 2 saturated carbocycles. The quantitative estimate of drug-likeness (QED) is 0.770. The number of benzene rings is 1. The first-order valence-electron chi connectivity index (χ1n) is 7.49. The molecule has 1 aromatic carbocycles. The van der Waals surface area contributed by atoms with Crippen molar-refractivity contribution in [3.05, 3.63) is 29.8 Å². The Hall–Kier alpha value is -2.37. The van der Waals surface area contributed by atoms with Gasteiger partial charge in [0.2, 0.25) is 5.91 Å². The number of aliphatic carboxylic acids is 1. The van der Waals surface area contributed by atoms with Crippen LogP contribution < -0.4 is 10.6 Å². The van der Waals surface area contributed by atoms with E-state index in [1.807, 2.05) is 0 Å². The van der Waals surface area contributed by atoms with Gasteiger partial charge < -0.3 is 15.7 Å². The van der Waals surface area contributed by atoms with Crippen LogP contribution in [0.5, 0.6) is 0 Å². The van der Waals surface area contributed by atoms with Gasteiger partial charge in [-0.05, 0) is 49.9 Å². The van der Waals surface area contributed by atoms with Crippen LogP contribution in [0.3, 0.4) is 0 Å². The topological polar surface area (TPSA) is 95.5 Å². The lowest BCUT2D eigenvalue weighted by Gasteiger charge is -2.31.